The summed E-state index contributed by atoms with van der Waals surface area (Å²) in [6.45, 7) is 12.0. The first-order valence-electron chi connectivity index (χ1n) is 7.13. The van der Waals surface area contributed by atoms with Gasteiger partial charge in [0.25, 0.3) is 6.47 Å². The second kappa shape index (κ2) is 7.72. The number of hydrogen-bond donors (Lipinski definition) is 1. The standard InChI is InChI=1S/C16H23NO.CH2O2/c1-13(18-16(2,3)4)17-11-10-15(12-17)14-8-6-5-7-9-14;2-1-3/h5-9,15H,1,10-12H2,2-4H3;1H,(H,2,3). The predicted molar refractivity (Wildman–Crippen MR) is 84.0 cm³/mol. The summed E-state index contributed by atoms with van der Waals surface area (Å²) in [6.07, 6.45) is 1.18. The van der Waals surface area contributed by atoms with Gasteiger partial charge in [-0.1, -0.05) is 30.3 Å². The molecule has 21 heavy (non-hydrogen) atoms. The van der Waals surface area contributed by atoms with Crippen molar-refractivity contribution in [2.24, 2.45) is 0 Å². The van der Waals surface area contributed by atoms with Gasteiger partial charge >= 0.3 is 0 Å². The van der Waals surface area contributed by atoms with Crippen molar-refractivity contribution in [1.82, 2.24) is 4.90 Å². The molecule has 0 radical (unpaired) electrons. The van der Waals surface area contributed by atoms with Crippen LogP contribution >= 0.6 is 0 Å². The van der Waals surface area contributed by atoms with E-state index >= 15 is 0 Å². The van der Waals surface area contributed by atoms with Gasteiger partial charge in [0.15, 0.2) is 5.88 Å². The fraction of sp³-hybridized carbons (Fsp3) is 0.471. The van der Waals surface area contributed by atoms with Gasteiger partial charge in [-0.15, -0.1) is 0 Å². The van der Waals surface area contributed by atoms with Crippen LogP contribution in [0.25, 0.3) is 0 Å². The number of likely N-dealkylation sites (tertiary alicyclic amines) is 1. The van der Waals surface area contributed by atoms with Crippen molar-refractivity contribution in [2.75, 3.05) is 13.1 Å². The zero-order chi connectivity index (χ0) is 15.9. The van der Waals surface area contributed by atoms with Crippen molar-refractivity contribution in [1.29, 1.82) is 0 Å². The predicted octanol–water partition coefficient (Wildman–Crippen LogP) is 3.46. The molecule has 1 aromatic rings. The number of carboxylic acid groups (broad SMARTS) is 1. The van der Waals surface area contributed by atoms with Crippen LogP contribution in [0.5, 0.6) is 0 Å². The van der Waals surface area contributed by atoms with Crippen LogP contribution in [-0.2, 0) is 9.53 Å². The maximum Gasteiger partial charge on any atom is 0.290 e. The Bertz CT molecular complexity index is 451. The van der Waals surface area contributed by atoms with E-state index in [9.17, 15) is 0 Å². The van der Waals surface area contributed by atoms with Crippen LogP contribution in [0.1, 0.15) is 38.7 Å². The fourth-order valence-electron chi connectivity index (χ4n) is 2.40. The average Bonchev–Trinajstić information content (AvgIpc) is 2.88. The third-order valence-electron chi connectivity index (χ3n) is 3.24. The van der Waals surface area contributed by atoms with Crippen molar-refractivity contribution >= 4 is 6.47 Å². The lowest BCUT2D eigenvalue weighted by Crippen LogP contribution is -2.28. The van der Waals surface area contributed by atoms with E-state index in [1.165, 1.54) is 12.0 Å². The van der Waals surface area contributed by atoms with E-state index in [1.54, 1.807) is 0 Å². The quantitative estimate of drug-likeness (QED) is 0.684. The molecule has 0 saturated carbocycles. The van der Waals surface area contributed by atoms with E-state index in [4.69, 9.17) is 14.6 Å². The van der Waals surface area contributed by atoms with Gasteiger partial charge in [0, 0.05) is 19.0 Å². The Balaban J connectivity index is 0.000000677. The van der Waals surface area contributed by atoms with Gasteiger partial charge in [-0.25, -0.2) is 0 Å². The molecule has 0 bridgehead atoms. The lowest BCUT2D eigenvalue weighted by molar-refractivity contribution is -0.122. The summed E-state index contributed by atoms with van der Waals surface area (Å²) >= 11 is 0. The molecule has 116 valence electrons. The summed E-state index contributed by atoms with van der Waals surface area (Å²) < 4.78 is 5.84. The van der Waals surface area contributed by atoms with Crippen LogP contribution in [0.2, 0.25) is 0 Å². The fourth-order valence-corrected chi connectivity index (χ4v) is 2.40. The van der Waals surface area contributed by atoms with Crippen LogP contribution in [0.3, 0.4) is 0 Å². The molecule has 1 heterocycles. The highest BCUT2D eigenvalue weighted by Crippen LogP contribution is 2.30. The average molecular weight is 291 g/mol. The largest absolute Gasteiger partial charge is 0.483 e. The maximum atomic E-state index is 8.36. The molecule has 0 spiro atoms. The molecule has 1 atom stereocenters. The third kappa shape index (κ3) is 5.90. The van der Waals surface area contributed by atoms with Crippen molar-refractivity contribution in [3.05, 3.63) is 48.4 Å². The number of ether oxygens (including phenoxy) is 1. The van der Waals surface area contributed by atoms with Crippen LogP contribution in [0.15, 0.2) is 42.8 Å². The Kier molecular flexibility index (Phi) is 6.28. The molecule has 0 amide bonds. The minimum absolute atomic E-state index is 0.165. The lowest BCUT2D eigenvalue weighted by atomic mass is 9.99. The molecule has 1 N–H and O–H groups in total. The molecule has 1 aliphatic heterocycles. The molecule has 1 saturated heterocycles. The summed E-state index contributed by atoms with van der Waals surface area (Å²) in [6, 6.07) is 10.7. The minimum Gasteiger partial charge on any atom is -0.483 e. The van der Waals surface area contributed by atoms with E-state index in [2.05, 4.69) is 62.6 Å². The Morgan fingerprint density at radius 3 is 2.48 bits per heavy atom. The van der Waals surface area contributed by atoms with Crippen molar-refractivity contribution in [3.63, 3.8) is 0 Å². The smallest absolute Gasteiger partial charge is 0.290 e. The number of hydrogen-bond acceptors (Lipinski definition) is 3. The molecule has 0 aliphatic carbocycles. The van der Waals surface area contributed by atoms with Crippen LogP contribution in [-0.4, -0.2) is 35.2 Å². The van der Waals surface area contributed by atoms with Gasteiger partial charge in [-0.05, 0) is 39.3 Å². The Labute approximate surface area is 127 Å². The first-order chi connectivity index (χ1) is 9.87. The Hall–Kier alpha value is -1.97. The SMILES string of the molecule is C=C(OC(C)(C)C)N1CCC(c2ccccc2)C1.O=CO. The van der Waals surface area contributed by atoms with E-state index in [1.807, 2.05) is 0 Å². The normalized spacial score (nSPS) is 17.7. The molecule has 0 aromatic heterocycles. The van der Waals surface area contributed by atoms with Crippen molar-refractivity contribution in [2.45, 2.75) is 38.7 Å². The van der Waals surface area contributed by atoms with E-state index in [0.29, 0.717) is 5.92 Å². The van der Waals surface area contributed by atoms with Gasteiger partial charge in [-0.2, -0.15) is 0 Å². The first-order valence-corrected chi connectivity index (χ1v) is 7.13. The molecular weight excluding hydrogens is 266 g/mol. The molecule has 1 aromatic carbocycles. The van der Waals surface area contributed by atoms with Gasteiger partial charge < -0.3 is 14.7 Å². The van der Waals surface area contributed by atoms with E-state index in [0.717, 1.165) is 19.0 Å². The summed E-state index contributed by atoms with van der Waals surface area (Å²) in [4.78, 5) is 10.6. The summed E-state index contributed by atoms with van der Waals surface area (Å²) in [7, 11) is 0. The highest BCUT2D eigenvalue weighted by Gasteiger charge is 2.26. The minimum atomic E-state index is -0.250. The highest BCUT2D eigenvalue weighted by atomic mass is 16.5. The van der Waals surface area contributed by atoms with Crippen LogP contribution in [0.4, 0.5) is 0 Å². The van der Waals surface area contributed by atoms with Crippen molar-refractivity contribution < 1.29 is 14.6 Å². The van der Waals surface area contributed by atoms with Gasteiger partial charge in [0.05, 0.1) is 0 Å². The molecule has 2 rings (SSSR count). The highest BCUT2D eigenvalue weighted by molar-refractivity contribution is 5.32. The topological polar surface area (TPSA) is 49.8 Å². The number of rotatable bonds is 3. The molecule has 1 fully saturated rings. The summed E-state index contributed by atoms with van der Waals surface area (Å²) in [5, 5.41) is 6.89. The van der Waals surface area contributed by atoms with Crippen molar-refractivity contribution in [3.8, 4) is 0 Å². The summed E-state index contributed by atoms with van der Waals surface area (Å²) in [5.41, 5.74) is 1.26. The molecule has 1 aliphatic rings. The molecule has 1 unspecified atom stereocenters. The molecular formula is C17H25NO3. The zero-order valence-electron chi connectivity index (χ0n) is 13.1. The third-order valence-corrected chi connectivity index (χ3v) is 3.24. The maximum absolute atomic E-state index is 8.36. The Morgan fingerprint density at radius 1 is 1.38 bits per heavy atom. The molecule has 4 nitrogen and oxygen atoms in total. The first kappa shape index (κ1) is 17.1. The number of nitrogens with zero attached hydrogens (tertiary/aromatic N) is 1. The van der Waals surface area contributed by atoms with Crippen LogP contribution < -0.4 is 0 Å². The van der Waals surface area contributed by atoms with Crippen LogP contribution in [0, 0.1) is 0 Å². The second-order valence-corrected chi connectivity index (χ2v) is 6.06. The lowest BCUT2D eigenvalue weighted by Gasteiger charge is -2.28. The number of carbonyl (C=O) groups is 1. The monoisotopic (exact) mass is 291 g/mol. The second-order valence-electron chi connectivity index (χ2n) is 6.06. The Morgan fingerprint density at radius 2 is 1.95 bits per heavy atom. The van der Waals surface area contributed by atoms with E-state index in [-0.39, 0.29) is 12.1 Å². The summed E-state index contributed by atoms with van der Waals surface area (Å²) in [5.74, 6) is 1.41. The van der Waals surface area contributed by atoms with Gasteiger partial charge in [-0.3, -0.25) is 4.79 Å². The number of benzene rings is 1. The van der Waals surface area contributed by atoms with E-state index < -0.39 is 0 Å². The zero-order valence-corrected chi connectivity index (χ0v) is 13.1. The van der Waals surface area contributed by atoms with Gasteiger partial charge in [0.2, 0.25) is 0 Å². The van der Waals surface area contributed by atoms with Gasteiger partial charge in [0.1, 0.15) is 5.60 Å². The molecule has 4 heteroatoms.